The largest absolute Gasteiger partial charge is 0.399 e. The molecule has 0 saturated carbocycles. The molecule has 3 heteroatoms. The average Bonchev–Trinajstić information content (AvgIpc) is 2.37. The van der Waals surface area contributed by atoms with Crippen molar-refractivity contribution in [3.63, 3.8) is 0 Å². The maximum Gasteiger partial charge on any atom is 0.106 e. The molecule has 18 heavy (non-hydrogen) atoms. The number of hydrogen-bond acceptors (Lipinski definition) is 3. The molecule has 0 bridgehead atoms. The fourth-order valence-electron chi connectivity index (χ4n) is 1.96. The Morgan fingerprint density at radius 3 is 2.39 bits per heavy atom. The van der Waals surface area contributed by atoms with Crippen molar-refractivity contribution < 1.29 is 9.57 Å². The van der Waals surface area contributed by atoms with Crippen LogP contribution in [0.3, 0.4) is 0 Å². The second-order valence-corrected chi connectivity index (χ2v) is 4.80. The molecule has 0 heterocycles. The Hall–Kier alpha value is -1.35. The van der Waals surface area contributed by atoms with Gasteiger partial charge in [-0.25, -0.2) is 0 Å². The summed E-state index contributed by atoms with van der Waals surface area (Å²) in [5.41, 5.74) is 1.19. The first-order valence-electron chi connectivity index (χ1n) is 6.37. The molecule has 0 aliphatic carbocycles. The van der Waals surface area contributed by atoms with E-state index in [0.29, 0.717) is 12.5 Å². The summed E-state index contributed by atoms with van der Waals surface area (Å²) in [6.45, 7) is 7.05. The smallest absolute Gasteiger partial charge is 0.106 e. The molecule has 0 spiro atoms. The fraction of sp³-hybridized carbons (Fsp3) is 0.533. The average molecular weight is 249 g/mol. The minimum atomic E-state index is 0.143. The van der Waals surface area contributed by atoms with E-state index in [1.54, 1.807) is 13.3 Å². The lowest BCUT2D eigenvalue weighted by atomic mass is 9.95. The van der Waals surface area contributed by atoms with E-state index in [2.05, 4.69) is 38.1 Å². The summed E-state index contributed by atoms with van der Waals surface area (Å²) >= 11 is 0. The van der Waals surface area contributed by atoms with Crippen LogP contribution in [0.4, 0.5) is 0 Å². The van der Waals surface area contributed by atoms with Crippen molar-refractivity contribution in [1.29, 1.82) is 0 Å². The van der Waals surface area contributed by atoms with E-state index in [1.165, 1.54) is 5.56 Å². The van der Waals surface area contributed by atoms with E-state index in [1.807, 2.05) is 18.2 Å². The van der Waals surface area contributed by atoms with Gasteiger partial charge in [0, 0.05) is 12.1 Å². The van der Waals surface area contributed by atoms with Crippen LogP contribution >= 0.6 is 0 Å². The van der Waals surface area contributed by atoms with Gasteiger partial charge in [-0.1, -0.05) is 56.3 Å². The van der Waals surface area contributed by atoms with Crippen LogP contribution in [0.2, 0.25) is 0 Å². The van der Waals surface area contributed by atoms with Crippen LogP contribution in [0.1, 0.15) is 26.3 Å². The Balaban J connectivity index is 2.55. The molecule has 0 aliphatic heterocycles. The van der Waals surface area contributed by atoms with Gasteiger partial charge in [0.25, 0.3) is 0 Å². The highest BCUT2D eigenvalue weighted by atomic mass is 16.6. The van der Waals surface area contributed by atoms with Gasteiger partial charge in [-0.3, -0.25) is 0 Å². The predicted molar refractivity (Wildman–Crippen MR) is 74.5 cm³/mol. The summed E-state index contributed by atoms with van der Waals surface area (Å²) in [6.07, 6.45) is 1.94. The van der Waals surface area contributed by atoms with E-state index < -0.39 is 0 Å². The zero-order chi connectivity index (χ0) is 13.4. The van der Waals surface area contributed by atoms with Crippen molar-refractivity contribution in [2.75, 3.05) is 7.11 Å². The van der Waals surface area contributed by atoms with Crippen molar-refractivity contribution in [3.8, 4) is 0 Å². The summed E-state index contributed by atoms with van der Waals surface area (Å²) in [5.74, 6) is 0.667. The second-order valence-electron chi connectivity index (χ2n) is 4.80. The Kier molecular flexibility index (Phi) is 6.44. The number of hydrogen-bond donors (Lipinski definition) is 0. The molecule has 0 amide bonds. The topological polar surface area (TPSA) is 30.8 Å². The molecule has 0 saturated heterocycles. The Morgan fingerprint density at radius 2 is 1.83 bits per heavy atom. The molecule has 0 radical (unpaired) electrons. The first-order valence-corrected chi connectivity index (χ1v) is 6.37. The first kappa shape index (κ1) is 14.7. The monoisotopic (exact) mass is 249 g/mol. The van der Waals surface area contributed by atoms with Crippen LogP contribution in [-0.2, 0) is 16.2 Å². The maximum atomic E-state index is 6.00. The Morgan fingerprint density at radius 1 is 1.17 bits per heavy atom. The highest BCUT2D eigenvalue weighted by Gasteiger charge is 2.20. The number of ether oxygens (including phenoxy) is 1. The molecule has 0 N–H and O–H groups in total. The standard InChI is InChI=1S/C15H23NO2/c1-12(2)15(13(3)10-16-17-4)18-11-14-8-6-5-7-9-14/h5-10,12-13,15H,11H2,1-4H3/b16-10+/t13-,15-/m1/s1. The van der Waals surface area contributed by atoms with E-state index >= 15 is 0 Å². The molecule has 1 aromatic rings. The van der Waals surface area contributed by atoms with Crippen LogP contribution in [0, 0.1) is 11.8 Å². The zero-order valence-electron chi connectivity index (χ0n) is 11.7. The molecule has 2 atom stereocenters. The number of nitrogens with zero attached hydrogens (tertiary/aromatic N) is 1. The zero-order valence-corrected chi connectivity index (χ0v) is 11.7. The molecule has 100 valence electrons. The third-order valence-corrected chi connectivity index (χ3v) is 2.86. The Labute approximate surface area is 110 Å². The summed E-state index contributed by atoms with van der Waals surface area (Å²) in [7, 11) is 1.55. The van der Waals surface area contributed by atoms with E-state index in [0.717, 1.165) is 0 Å². The molecule has 3 nitrogen and oxygen atoms in total. The predicted octanol–water partition coefficient (Wildman–Crippen LogP) is 3.50. The van der Waals surface area contributed by atoms with Crippen molar-refractivity contribution in [3.05, 3.63) is 35.9 Å². The second kappa shape index (κ2) is 7.88. The molecule has 0 unspecified atom stereocenters. The van der Waals surface area contributed by atoms with E-state index in [-0.39, 0.29) is 12.0 Å². The number of oxime groups is 1. The van der Waals surface area contributed by atoms with Crippen molar-refractivity contribution in [1.82, 2.24) is 0 Å². The molecule has 1 rings (SSSR count). The van der Waals surface area contributed by atoms with Crippen molar-refractivity contribution in [2.45, 2.75) is 33.5 Å². The summed E-state index contributed by atoms with van der Waals surface area (Å²) in [6, 6.07) is 10.2. The molecular weight excluding hydrogens is 226 g/mol. The van der Waals surface area contributed by atoms with E-state index in [9.17, 15) is 0 Å². The molecule has 0 fully saturated rings. The van der Waals surface area contributed by atoms with Crippen molar-refractivity contribution >= 4 is 6.21 Å². The lowest BCUT2D eigenvalue weighted by Crippen LogP contribution is -2.28. The van der Waals surface area contributed by atoms with Gasteiger partial charge in [0.05, 0.1) is 12.7 Å². The van der Waals surface area contributed by atoms with Gasteiger partial charge in [-0.05, 0) is 11.5 Å². The van der Waals surface area contributed by atoms with Gasteiger partial charge in [0.1, 0.15) is 7.11 Å². The Bertz CT molecular complexity index is 349. The molecule has 0 aliphatic rings. The first-order chi connectivity index (χ1) is 8.65. The van der Waals surface area contributed by atoms with Crippen LogP contribution in [0.15, 0.2) is 35.5 Å². The minimum Gasteiger partial charge on any atom is -0.399 e. The summed E-state index contributed by atoms with van der Waals surface area (Å²) < 4.78 is 6.00. The van der Waals surface area contributed by atoms with Gasteiger partial charge >= 0.3 is 0 Å². The number of benzene rings is 1. The van der Waals surface area contributed by atoms with Gasteiger partial charge in [-0.2, -0.15) is 0 Å². The quantitative estimate of drug-likeness (QED) is 0.547. The normalized spacial score (nSPS) is 14.9. The van der Waals surface area contributed by atoms with Gasteiger partial charge < -0.3 is 9.57 Å². The summed E-state index contributed by atoms with van der Waals surface area (Å²) in [4.78, 5) is 4.72. The fourth-order valence-corrected chi connectivity index (χ4v) is 1.96. The van der Waals surface area contributed by atoms with Crippen LogP contribution in [0.5, 0.6) is 0 Å². The lowest BCUT2D eigenvalue weighted by molar-refractivity contribution is -0.00676. The van der Waals surface area contributed by atoms with Gasteiger partial charge in [0.2, 0.25) is 0 Å². The van der Waals surface area contributed by atoms with Crippen molar-refractivity contribution in [2.24, 2.45) is 17.0 Å². The van der Waals surface area contributed by atoms with Crippen LogP contribution < -0.4 is 0 Å². The number of rotatable bonds is 7. The highest BCUT2D eigenvalue weighted by Crippen LogP contribution is 2.17. The molecule has 0 aromatic heterocycles. The van der Waals surface area contributed by atoms with Gasteiger partial charge in [-0.15, -0.1) is 0 Å². The SMILES string of the molecule is CO/N=C/[C@@H](C)[C@H](OCc1ccccc1)C(C)C. The minimum absolute atomic E-state index is 0.143. The molecular formula is C15H23NO2. The lowest BCUT2D eigenvalue weighted by Gasteiger charge is -2.25. The van der Waals surface area contributed by atoms with Crippen LogP contribution in [0.25, 0.3) is 0 Å². The summed E-state index contributed by atoms with van der Waals surface area (Å²) in [5, 5.41) is 3.83. The van der Waals surface area contributed by atoms with Crippen LogP contribution in [-0.4, -0.2) is 19.4 Å². The maximum absolute atomic E-state index is 6.00. The molecule has 1 aromatic carbocycles. The van der Waals surface area contributed by atoms with E-state index in [4.69, 9.17) is 9.57 Å². The highest BCUT2D eigenvalue weighted by molar-refractivity contribution is 5.60. The van der Waals surface area contributed by atoms with Gasteiger partial charge in [0.15, 0.2) is 0 Å². The third kappa shape index (κ3) is 4.88. The third-order valence-electron chi connectivity index (χ3n) is 2.86.